The molecule has 7 heteroatoms. The quantitative estimate of drug-likeness (QED) is 0.584. The maximum atomic E-state index is 14.2. The van der Waals surface area contributed by atoms with Gasteiger partial charge in [0.25, 0.3) is 5.79 Å². The number of halogens is 4. The molecule has 3 rings (SSSR count). The molecule has 1 aliphatic carbocycles. The Labute approximate surface area is 111 Å². The minimum atomic E-state index is -3.95. The summed E-state index contributed by atoms with van der Waals surface area (Å²) in [5, 5.41) is 0. The Bertz CT molecular complexity index is 529. The molecular weight excluding hydrogens is 284 g/mol. The van der Waals surface area contributed by atoms with Gasteiger partial charge in [-0.2, -0.15) is 8.78 Å². The fourth-order valence-corrected chi connectivity index (χ4v) is 3.25. The molecule has 1 unspecified atom stereocenters. The second-order valence-electron chi connectivity index (χ2n) is 4.34. The summed E-state index contributed by atoms with van der Waals surface area (Å²) in [4.78, 5) is 0.332. The number of alkyl halides is 3. The van der Waals surface area contributed by atoms with Crippen LogP contribution in [0.2, 0.25) is 0 Å². The van der Waals surface area contributed by atoms with Gasteiger partial charge in [-0.1, -0.05) is 0 Å². The van der Waals surface area contributed by atoms with Crippen molar-refractivity contribution in [3.05, 3.63) is 29.1 Å². The van der Waals surface area contributed by atoms with Gasteiger partial charge in [0.1, 0.15) is 5.82 Å². The minimum Gasteiger partial charge on any atom is -0.339 e. The topological polar surface area (TPSA) is 18.5 Å². The van der Waals surface area contributed by atoms with Crippen LogP contribution in [0.1, 0.15) is 17.3 Å². The van der Waals surface area contributed by atoms with Crippen molar-refractivity contribution in [2.75, 3.05) is 19.5 Å². The second kappa shape index (κ2) is 4.10. The van der Waals surface area contributed by atoms with E-state index in [0.717, 1.165) is 17.8 Å². The first kappa shape index (κ1) is 13.2. The van der Waals surface area contributed by atoms with Gasteiger partial charge >= 0.3 is 5.92 Å². The zero-order chi connectivity index (χ0) is 13.8. The molecule has 0 aromatic heterocycles. The predicted molar refractivity (Wildman–Crippen MR) is 60.6 cm³/mol. The molecule has 2 nitrogen and oxygen atoms in total. The van der Waals surface area contributed by atoms with Gasteiger partial charge in [-0.05, 0) is 18.4 Å². The van der Waals surface area contributed by atoms with Crippen LogP contribution in [0.15, 0.2) is 17.0 Å². The number of ether oxygens (including phenoxy) is 2. The Morgan fingerprint density at radius 2 is 1.89 bits per heavy atom. The van der Waals surface area contributed by atoms with E-state index in [1.54, 1.807) is 6.26 Å². The van der Waals surface area contributed by atoms with Crippen LogP contribution in [0.5, 0.6) is 0 Å². The number of benzene rings is 1. The van der Waals surface area contributed by atoms with Gasteiger partial charge in [-0.3, -0.25) is 0 Å². The highest BCUT2D eigenvalue weighted by Gasteiger charge is 2.72. The smallest absolute Gasteiger partial charge is 0.339 e. The molecule has 0 amide bonds. The molecule has 1 atom stereocenters. The maximum absolute atomic E-state index is 14.2. The highest BCUT2D eigenvalue weighted by Crippen LogP contribution is 2.61. The van der Waals surface area contributed by atoms with E-state index in [-0.39, 0.29) is 18.8 Å². The number of hydrogen-bond acceptors (Lipinski definition) is 3. The van der Waals surface area contributed by atoms with Crippen LogP contribution in [0.4, 0.5) is 17.6 Å². The lowest BCUT2D eigenvalue weighted by molar-refractivity contribution is -0.308. The molecule has 1 saturated heterocycles. The van der Waals surface area contributed by atoms with Crippen molar-refractivity contribution in [2.24, 2.45) is 0 Å². The third kappa shape index (κ3) is 1.46. The van der Waals surface area contributed by atoms with Crippen LogP contribution in [-0.2, 0) is 15.3 Å². The number of rotatable bonds is 1. The normalized spacial score (nSPS) is 26.9. The molecule has 0 N–H and O–H groups in total. The summed E-state index contributed by atoms with van der Waals surface area (Å²) >= 11 is 1.12. The molecule has 1 spiro atoms. The summed E-state index contributed by atoms with van der Waals surface area (Å²) in [6.45, 7) is -0.155. The van der Waals surface area contributed by atoms with E-state index in [0.29, 0.717) is 4.90 Å². The van der Waals surface area contributed by atoms with Gasteiger partial charge in [0.15, 0.2) is 6.17 Å². The van der Waals surface area contributed by atoms with Crippen LogP contribution in [0.25, 0.3) is 0 Å². The molecule has 0 radical (unpaired) electrons. The molecule has 19 heavy (non-hydrogen) atoms. The van der Waals surface area contributed by atoms with Gasteiger partial charge in [0.05, 0.1) is 13.2 Å². The van der Waals surface area contributed by atoms with E-state index in [9.17, 15) is 17.6 Å². The van der Waals surface area contributed by atoms with Gasteiger partial charge < -0.3 is 9.47 Å². The third-order valence-corrected chi connectivity index (χ3v) is 4.19. The van der Waals surface area contributed by atoms with Gasteiger partial charge in [0.2, 0.25) is 0 Å². The predicted octanol–water partition coefficient (Wildman–Crippen LogP) is 3.41. The molecular formula is C12H10F4O2S. The Hall–Kier alpha value is -0.790. The number of thioether (sulfide) groups is 1. The highest BCUT2D eigenvalue weighted by atomic mass is 32.2. The summed E-state index contributed by atoms with van der Waals surface area (Å²) in [5.41, 5.74) is -0.867. The van der Waals surface area contributed by atoms with Crippen LogP contribution in [0, 0.1) is 5.82 Å². The summed E-state index contributed by atoms with van der Waals surface area (Å²) < 4.78 is 66.2. The molecule has 1 heterocycles. The molecule has 1 aliphatic heterocycles. The Morgan fingerprint density at radius 1 is 1.26 bits per heavy atom. The summed E-state index contributed by atoms with van der Waals surface area (Å²) in [5.74, 6) is -7.45. The third-order valence-electron chi connectivity index (χ3n) is 3.41. The van der Waals surface area contributed by atoms with Crippen molar-refractivity contribution < 1.29 is 27.0 Å². The molecule has 1 fully saturated rings. The van der Waals surface area contributed by atoms with E-state index in [4.69, 9.17) is 9.47 Å². The first-order chi connectivity index (χ1) is 8.95. The van der Waals surface area contributed by atoms with E-state index in [1.165, 1.54) is 6.07 Å². The summed E-state index contributed by atoms with van der Waals surface area (Å²) in [6, 6.07) is 2.32. The second-order valence-corrected chi connectivity index (χ2v) is 5.19. The molecule has 104 valence electrons. The average molecular weight is 294 g/mol. The van der Waals surface area contributed by atoms with Crippen molar-refractivity contribution >= 4 is 11.8 Å². The Morgan fingerprint density at radius 3 is 2.47 bits per heavy atom. The van der Waals surface area contributed by atoms with Crippen molar-refractivity contribution in [1.29, 1.82) is 0 Å². The van der Waals surface area contributed by atoms with Crippen molar-refractivity contribution in [3.8, 4) is 0 Å². The standard InChI is InChI=1S/C12H10F4O2S/c1-19-7-3-2-6(13)8-9(7)12(17-4-5-18-12)11(15,16)10(8)14/h2-3,10H,4-5H2,1H3. The largest absolute Gasteiger partial charge is 0.340 e. The zero-order valence-electron chi connectivity index (χ0n) is 9.88. The van der Waals surface area contributed by atoms with Crippen molar-refractivity contribution in [3.63, 3.8) is 0 Å². The molecule has 0 saturated carbocycles. The molecule has 1 aromatic carbocycles. The van der Waals surface area contributed by atoms with Crippen LogP contribution in [0.3, 0.4) is 0 Å². The van der Waals surface area contributed by atoms with E-state index >= 15 is 0 Å². The number of fused-ring (bicyclic) bond motifs is 2. The fraction of sp³-hybridized carbons (Fsp3) is 0.500. The SMILES string of the molecule is CSc1ccc(F)c2c1C1(OCCO1)C(F)(F)C2F. The van der Waals surface area contributed by atoms with Crippen molar-refractivity contribution in [1.82, 2.24) is 0 Å². The van der Waals surface area contributed by atoms with E-state index in [1.807, 2.05) is 0 Å². The lowest BCUT2D eigenvalue weighted by atomic mass is 10.1. The highest BCUT2D eigenvalue weighted by molar-refractivity contribution is 7.98. The summed E-state index contributed by atoms with van der Waals surface area (Å²) in [6.07, 6.45) is -1.13. The molecule has 1 aromatic rings. The average Bonchev–Trinajstić information content (AvgIpc) is 2.93. The Kier molecular flexibility index (Phi) is 2.85. The van der Waals surface area contributed by atoms with Gasteiger partial charge in [0, 0.05) is 16.0 Å². The molecule has 0 bridgehead atoms. The van der Waals surface area contributed by atoms with Gasteiger partial charge in [-0.15, -0.1) is 11.8 Å². The number of hydrogen-bond donors (Lipinski definition) is 0. The van der Waals surface area contributed by atoms with Gasteiger partial charge in [-0.25, -0.2) is 8.78 Å². The van der Waals surface area contributed by atoms with Crippen LogP contribution >= 0.6 is 11.8 Å². The monoisotopic (exact) mass is 294 g/mol. The minimum absolute atomic E-state index is 0.0773. The molecule has 2 aliphatic rings. The first-order valence-corrected chi connectivity index (χ1v) is 6.85. The van der Waals surface area contributed by atoms with Crippen LogP contribution < -0.4 is 0 Å². The van der Waals surface area contributed by atoms with Crippen LogP contribution in [-0.4, -0.2) is 25.4 Å². The zero-order valence-corrected chi connectivity index (χ0v) is 10.7. The fourth-order valence-electron chi connectivity index (χ4n) is 2.60. The lowest BCUT2D eigenvalue weighted by Crippen LogP contribution is -2.44. The summed E-state index contributed by atoms with van der Waals surface area (Å²) in [7, 11) is 0. The lowest BCUT2D eigenvalue weighted by Gasteiger charge is -2.30. The van der Waals surface area contributed by atoms with Crippen molar-refractivity contribution in [2.45, 2.75) is 22.8 Å². The van der Waals surface area contributed by atoms with E-state index in [2.05, 4.69) is 0 Å². The first-order valence-electron chi connectivity index (χ1n) is 5.62. The maximum Gasteiger partial charge on any atom is 0.340 e. The Balaban J connectivity index is 2.33. The van der Waals surface area contributed by atoms with E-state index < -0.39 is 29.3 Å².